The maximum atomic E-state index is 11.6. The van der Waals surface area contributed by atoms with E-state index in [1.165, 1.54) is 62.7 Å². The summed E-state index contributed by atoms with van der Waals surface area (Å²) in [5, 5.41) is 5.55. The van der Waals surface area contributed by atoms with Gasteiger partial charge >= 0.3 is 5.97 Å². The molecule has 0 fully saturated rings. The fraction of sp³-hybridized carbons (Fsp3) is 0.480. The first-order valence-electron chi connectivity index (χ1n) is 11.0. The summed E-state index contributed by atoms with van der Waals surface area (Å²) in [7, 11) is 0. The summed E-state index contributed by atoms with van der Waals surface area (Å²) in [6.07, 6.45) is 16.3. The van der Waals surface area contributed by atoms with E-state index in [2.05, 4.69) is 35.0 Å². The second kappa shape index (κ2) is 14.9. The fourth-order valence-electron chi connectivity index (χ4n) is 3.20. The van der Waals surface area contributed by atoms with Gasteiger partial charge in [-0.05, 0) is 68.0 Å². The summed E-state index contributed by atoms with van der Waals surface area (Å²) in [5.74, 6) is -0.256. The molecule has 1 aromatic heterocycles. The Bertz CT molecular complexity index is 692. The van der Waals surface area contributed by atoms with Crippen LogP contribution in [-0.4, -0.2) is 19.1 Å². The Kier molecular flexibility index (Phi) is 11.9. The van der Waals surface area contributed by atoms with Crippen molar-refractivity contribution in [1.29, 1.82) is 0 Å². The van der Waals surface area contributed by atoms with Gasteiger partial charge < -0.3 is 10.1 Å². The summed E-state index contributed by atoms with van der Waals surface area (Å²) in [5.41, 5.74) is 1.67. The van der Waals surface area contributed by atoms with Crippen molar-refractivity contribution in [3.8, 4) is 0 Å². The summed E-state index contributed by atoms with van der Waals surface area (Å²) in [6.45, 7) is 3.21. The number of unbranched alkanes of at least 4 members (excludes halogenated alkanes) is 8. The number of rotatable bonds is 15. The molecule has 158 valence electrons. The topological polar surface area (TPSA) is 38.3 Å². The van der Waals surface area contributed by atoms with E-state index in [1.807, 2.05) is 31.2 Å². The average molecular weight is 414 g/mol. The molecular formula is C25H35NO2S. The van der Waals surface area contributed by atoms with E-state index in [1.54, 1.807) is 11.3 Å². The highest BCUT2D eigenvalue weighted by atomic mass is 32.1. The minimum Gasteiger partial charge on any atom is -0.462 e. The Morgan fingerprint density at radius 1 is 0.966 bits per heavy atom. The molecule has 0 spiro atoms. The van der Waals surface area contributed by atoms with Crippen LogP contribution in [0.3, 0.4) is 0 Å². The van der Waals surface area contributed by atoms with Crippen molar-refractivity contribution < 1.29 is 9.53 Å². The third-order valence-corrected chi connectivity index (χ3v) is 5.69. The van der Waals surface area contributed by atoms with E-state index in [0.29, 0.717) is 12.2 Å². The maximum absolute atomic E-state index is 11.6. The number of esters is 1. The van der Waals surface area contributed by atoms with E-state index in [-0.39, 0.29) is 5.97 Å². The number of ether oxygens (including phenoxy) is 1. The second-order valence-electron chi connectivity index (χ2n) is 7.26. The Morgan fingerprint density at radius 3 is 2.31 bits per heavy atom. The highest BCUT2D eigenvalue weighted by molar-refractivity contribution is 7.10. The molecule has 0 bridgehead atoms. The van der Waals surface area contributed by atoms with Gasteiger partial charge in [0.25, 0.3) is 0 Å². The van der Waals surface area contributed by atoms with Gasteiger partial charge in [0.15, 0.2) is 0 Å². The molecule has 2 aromatic rings. The lowest BCUT2D eigenvalue weighted by Gasteiger charge is -2.07. The van der Waals surface area contributed by atoms with Gasteiger partial charge in [-0.1, -0.05) is 50.7 Å². The Labute approximate surface area is 180 Å². The maximum Gasteiger partial charge on any atom is 0.338 e. The van der Waals surface area contributed by atoms with Crippen LogP contribution < -0.4 is 5.32 Å². The zero-order valence-electron chi connectivity index (χ0n) is 17.7. The molecule has 0 aliphatic rings. The van der Waals surface area contributed by atoms with Crippen molar-refractivity contribution in [3.05, 3.63) is 58.3 Å². The predicted molar refractivity (Wildman–Crippen MR) is 126 cm³/mol. The Hall–Kier alpha value is -2.07. The lowest BCUT2D eigenvalue weighted by molar-refractivity contribution is 0.0526. The molecule has 0 atom stereocenters. The third kappa shape index (κ3) is 10.3. The smallest absolute Gasteiger partial charge is 0.338 e. The molecule has 0 saturated carbocycles. The van der Waals surface area contributed by atoms with E-state index >= 15 is 0 Å². The van der Waals surface area contributed by atoms with Crippen LogP contribution in [0, 0.1) is 0 Å². The van der Waals surface area contributed by atoms with Gasteiger partial charge in [0.05, 0.1) is 12.2 Å². The Morgan fingerprint density at radius 2 is 1.66 bits per heavy atom. The number of benzene rings is 1. The average Bonchev–Trinajstić information content (AvgIpc) is 3.25. The fourth-order valence-corrected chi connectivity index (χ4v) is 3.85. The van der Waals surface area contributed by atoms with Crippen molar-refractivity contribution in [2.75, 3.05) is 18.5 Å². The molecule has 4 heteroatoms. The van der Waals surface area contributed by atoms with Crippen LogP contribution in [0.5, 0.6) is 0 Å². The van der Waals surface area contributed by atoms with Crippen LogP contribution in [0.4, 0.5) is 5.69 Å². The van der Waals surface area contributed by atoms with E-state index < -0.39 is 0 Å². The minimum atomic E-state index is -0.256. The number of hydrogen-bond acceptors (Lipinski definition) is 4. The minimum absolute atomic E-state index is 0.256. The molecule has 0 radical (unpaired) electrons. The quantitative estimate of drug-likeness (QED) is 0.242. The largest absolute Gasteiger partial charge is 0.462 e. The lowest BCUT2D eigenvalue weighted by atomic mass is 10.1. The van der Waals surface area contributed by atoms with Gasteiger partial charge in [0.1, 0.15) is 0 Å². The summed E-state index contributed by atoms with van der Waals surface area (Å²) < 4.78 is 5.00. The normalized spacial score (nSPS) is 11.1. The summed E-state index contributed by atoms with van der Waals surface area (Å²) in [6, 6.07) is 11.8. The molecular weight excluding hydrogens is 378 g/mol. The molecule has 0 aliphatic heterocycles. The highest BCUT2D eigenvalue weighted by Gasteiger charge is 2.05. The van der Waals surface area contributed by atoms with E-state index in [0.717, 1.165) is 12.2 Å². The molecule has 3 nitrogen and oxygen atoms in total. The molecule has 0 aliphatic carbocycles. The van der Waals surface area contributed by atoms with Crippen molar-refractivity contribution >= 4 is 29.1 Å². The van der Waals surface area contributed by atoms with Gasteiger partial charge in [-0.2, -0.15) is 0 Å². The van der Waals surface area contributed by atoms with Crippen molar-refractivity contribution in [2.24, 2.45) is 0 Å². The van der Waals surface area contributed by atoms with Crippen LogP contribution in [0.25, 0.3) is 6.08 Å². The van der Waals surface area contributed by atoms with Crippen LogP contribution in [0.15, 0.2) is 47.9 Å². The lowest BCUT2D eigenvalue weighted by Crippen LogP contribution is -2.05. The molecule has 0 saturated heterocycles. The first kappa shape index (κ1) is 23.2. The highest BCUT2D eigenvalue weighted by Crippen LogP contribution is 2.14. The zero-order valence-corrected chi connectivity index (χ0v) is 18.5. The molecule has 1 aromatic carbocycles. The first-order chi connectivity index (χ1) is 14.3. The van der Waals surface area contributed by atoms with Gasteiger partial charge in [-0.25, -0.2) is 4.79 Å². The van der Waals surface area contributed by atoms with Crippen molar-refractivity contribution in [2.45, 2.75) is 64.7 Å². The molecule has 2 rings (SSSR count). The number of nitrogens with one attached hydrogen (secondary N) is 1. The number of thiophene rings is 1. The number of hydrogen-bond donors (Lipinski definition) is 1. The Balaban J connectivity index is 1.39. The number of allylic oxidation sites excluding steroid dienone is 1. The third-order valence-electron chi connectivity index (χ3n) is 4.85. The zero-order chi connectivity index (χ0) is 20.6. The summed E-state index contributed by atoms with van der Waals surface area (Å²) >= 11 is 1.80. The number of anilines is 1. The van der Waals surface area contributed by atoms with Gasteiger partial charge in [0.2, 0.25) is 0 Å². The van der Waals surface area contributed by atoms with Crippen LogP contribution in [0.2, 0.25) is 0 Å². The van der Waals surface area contributed by atoms with E-state index in [4.69, 9.17) is 4.74 Å². The molecule has 1 heterocycles. The van der Waals surface area contributed by atoms with E-state index in [9.17, 15) is 4.79 Å². The van der Waals surface area contributed by atoms with Gasteiger partial charge in [-0.15, -0.1) is 11.3 Å². The molecule has 1 N–H and O–H groups in total. The molecule has 0 amide bonds. The van der Waals surface area contributed by atoms with Gasteiger partial charge in [0, 0.05) is 17.1 Å². The molecule has 29 heavy (non-hydrogen) atoms. The number of carbonyl (C=O) groups is 1. The van der Waals surface area contributed by atoms with Gasteiger partial charge in [-0.3, -0.25) is 0 Å². The predicted octanol–water partition coefficient (Wildman–Crippen LogP) is 7.56. The molecule has 0 unspecified atom stereocenters. The second-order valence-corrected chi connectivity index (χ2v) is 8.24. The monoisotopic (exact) mass is 413 g/mol. The SMILES string of the molecule is CCOC(=O)c1ccc(NCCCCCCCCCC/C=C\c2cccs2)cc1. The summed E-state index contributed by atoms with van der Waals surface area (Å²) in [4.78, 5) is 13.0. The van der Waals surface area contributed by atoms with Crippen LogP contribution in [-0.2, 0) is 4.74 Å². The van der Waals surface area contributed by atoms with Crippen molar-refractivity contribution in [3.63, 3.8) is 0 Å². The number of carbonyl (C=O) groups excluding carboxylic acids is 1. The van der Waals surface area contributed by atoms with Crippen LogP contribution in [0.1, 0.15) is 79.9 Å². The van der Waals surface area contributed by atoms with Crippen molar-refractivity contribution in [1.82, 2.24) is 0 Å². The van der Waals surface area contributed by atoms with Crippen LogP contribution >= 0.6 is 11.3 Å². The first-order valence-corrected chi connectivity index (χ1v) is 11.9. The standard InChI is InChI=1S/C25H35NO2S/c1-2-28-25(27)22-16-18-23(19-17-22)26-20-12-10-8-6-4-3-5-7-9-11-14-24-15-13-21-29-24/h11,13-19,21,26H,2-10,12,20H2,1H3/b14-11-.